The van der Waals surface area contributed by atoms with Crippen LogP contribution in [0.25, 0.3) is 0 Å². The van der Waals surface area contributed by atoms with Gasteiger partial charge in [0.25, 0.3) is 5.91 Å². The van der Waals surface area contributed by atoms with Crippen LogP contribution in [0.5, 0.6) is 5.75 Å². The van der Waals surface area contributed by atoms with E-state index in [1.54, 1.807) is 18.2 Å². The van der Waals surface area contributed by atoms with E-state index in [0.717, 1.165) is 10.5 Å². The molecule has 0 saturated heterocycles. The smallest absolute Gasteiger partial charge is 0.262 e. The molecule has 0 unspecified atom stereocenters. The van der Waals surface area contributed by atoms with Crippen molar-refractivity contribution in [2.75, 3.05) is 5.32 Å². The number of aromatic hydroxyl groups is 1. The fourth-order valence-electron chi connectivity index (χ4n) is 1.51. The summed E-state index contributed by atoms with van der Waals surface area (Å²) in [6.07, 6.45) is 0. The third-order valence-corrected chi connectivity index (χ3v) is 3.20. The van der Waals surface area contributed by atoms with Crippen molar-refractivity contribution in [2.24, 2.45) is 0 Å². The molecule has 2 N–H and O–H groups in total. The van der Waals surface area contributed by atoms with E-state index in [1.165, 1.54) is 12.1 Å². The highest BCUT2D eigenvalue weighted by Gasteiger charge is 2.17. The Morgan fingerprint density at radius 1 is 1.32 bits per heavy atom. The molecule has 0 aliphatic rings. The number of phenols is 1. The number of hydrogen-bond donors (Lipinski definition) is 2. The van der Waals surface area contributed by atoms with Gasteiger partial charge in [-0.15, -0.1) is 0 Å². The molecule has 0 bridgehead atoms. The van der Waals surface area contributed by atoms with Gasteiger partial charge in [0.1, 0.15) is 17.1 Å². The van der Waals surface area contributed by atoms with Crippen molar-refractivity contribution in [1.82, 2.24) is 0 Å². The molecule has 1 amide bonds. The molecule has 0 spiro atoms. The minimum absolute atomic E-state index is 0.304. The topological polar surface area (TPSA) is 49.3 Å². The zero-order valence-electron chi connectivity index (χ0n) is 9.45. The van der Waals surface area contributed by atoms with Crippen molar-refractivity contribution in [3.05, 3.63) is 57.3 Å². The maximum atomic E-state index is 13.5. The number of hydrogen-bond acceptors (Lipinski definition) is 2. The fourth-order valence-corrected chi connectivity index (χ4v) is 2.23. The summed E-state index contributed by atoms with van der Waals surface area (Å²) >= 11 is 9.17. The number of rotatable bonds is 2. The number of amides is 1. The van der Waals surface area contributed by atoms with Gasteiger partial charge < -0.3 is 10.4 Å². The molecule has 0 aliphatic heterocycles. The van der Waals surface area contributed by atoms with Gasteiger partial charge in [-0.3, -0.25) is 4.79 Å². The van der Waals surface area contributed by atoms with E-state index in [2.05, 4.69) is 21.2 Å². The molecule has 2 aromatic rings. The van der Waals surface area contributed by atoms with Crippen LogP contribution < -0.4 is 5.32 Å². The number of phenolic OH excluding ortho intramolecular Hbond substituents is 1. The highest BCUT2D eigenvalue weighted by atomic mass is 79.9. The summed E-state index contributed by atoms with van der Waals surface area (Å²) in [7, 11) is 0. The van der Waals surface area contributed by atoms with Crippen LogP contribution in [0.1, 0.15) is 10.4 Å². The van der Waals surface area contributed by atoms with E-state index < -0.39 is 23.0 Å². The maximum Gasteiger partial charge on any atom is 0.262 e. The van der Waals surface area contributed by atoms with Crippen LogP contribution in [0.2, 0.25) is 5.02 Å². The number of carbonyl (C=O) groups is 1. The van der Waals surface area contributed by atoms with Gasteiger partial charge >= 0.3 is 0 Å². The predicted molar refractivity (Wildman–Crippen MR) is 75.2 cm³/mol. The largest absolute Gasteiger partial charge is 0.507 e. The van der Waals surface area contributed by atoms with Crippen LogP contribution >= 0.6 is 27.5 Å². The van der Waals surface area contributed by atoms with Crippen molar-refractivity contribution >= 4 is 39.1 Å². The number of benzene rings is 2. The van der Waals surface area contributed by atoms with Gasteiger partial charge in [-0.1, -0.05) is 33.6 Å². The van der Waals surface area contributed by atoms with Crippen molar-refractivity contribution in [2.45, 2.75) is 0 Å². The Morgan fingerprint density at radius 3 is 2.68 bits per heavy atom. The summed E-state index contributed by atoms with van der Waals surface area (Å²) < 4.78 is 14.3. The fraction of sp³-hybridized carbons (Fsp3) is 0. The molecule has 0 fully saturated rings. The molecule has 19 heavy (non-hydrogen) atoms. The van der Waals surface area contributed by atoms with Crippen LogP contribution in [-0.4, -0.2) is 11.0 Å². The van der Waals surface area contributed by atoms with Gasteiger partial charge in [-0.05, 0) is 30.3 Å². The van der Waals surface area contributed by atoms with Gasteiger partial charge in [-0.25, -0.2) is 4.39 Å². The monoisotopic (exact) mass is 343 g/mol. The molecule has 0 saturated carbocycles. The third-order valence-electron chi connectivity index (χ3n) is 2.40. The quantitative estimate of drug-likeness (QED) is 0.858. The normalized spacial score (nSPS) is 10.3. The lowest BCUT2D eigenvalue weighted by Gasteiger charge is -2.09. The molecule has 6 heteroatoms. The van der Waals surface area contributed by atoms with Gasteiger partial charge in [0.2, 0.25) is 0 Å². The molecular weight excluding hydrogens is 337 g/mol. The van der Waals surface area contributed by atoms with E-state index in [9.17, 15) is 14.3 Å². The molecule has 2 rings (SSSR count). The van der Waals surface area contributed by atoms with Crippen LogP contribution in [0, 0.1) is 5.82 Å². The second-order valence-corrected chi connectivity index (χ2v) is 5.04. The highest BCUT2D eigenvalue weighted by molar-refractivity contribution is 9.10. The molecule has 0 aliphatic carbocycles. The van der Waals surface area contributed by atoms with E-state index in [4.69, 9.17) is 11.6 Å². The molecule has 0 heterocycles. The second-order valence-electron chi connectivity index (χ2n) is 3.71. The van der Waals surface area contributed by atoms with E-state index in [0.29, 0.717) is 10.7 Å². The first-order valence-corrected chi connectivity index (χ1v) is 6.40. The van der Waals surface area contributed by atoms with Crippen LogP contribution in [0.4, 0.5) is 10.1 Å². The first-order chi connectivity index (χ1) is 8.99. The number of anilines is 1. The Morgan fingerprint density at radius 2 is 2.05 bits per heavy atom. The zero-order chi connectivity index (χ0) is 14.0. The standard InChI is InChI=1S/C13H8BrClFNO2/c14-7-4-5-10(8(15)6-7)17-13(19)12-9(16)2-1-3-11(12)18/h1-6,18H,(H,17,19). The first kappa shape index (κ1) is 13.8. The van der Waals surface area contributed by atoms with Crippen molar-refractivity contribution < 1.29 is 14.3 Å². The van der Waals surface area contributed by atoms with Gasteiger partial charge in [0.15, 0.2) is 0 Å². The lowest BCUT2D eigenvalue weighted by Crippen LogP contribution is -2.14. The van der Waals surface area contributed by atoms with Gasteiger partial charge in [0.05, 0.1) is 10.7 Å². The van der Waals surface area contributed by atoms with Crippen LogP contribution in [0.3, 0.4) is 0 Å². The Labute approximate surface area is 122 Å². The summed E-state index contributed by atoms with van der Waals surface area (Å²) in [4.78, 5) is 11.9. The average molecular weight is 345 g/mol. The van der Waals surface area contributed by atoms with E-state index in [-0.39, 0.29) is 0 Å². The van der Waals surface area contributed by atoms with Crippen LogP contribution in [-0.2, 0) is 0 Å². The molecule has 0 aromatic heterocycles. The summed E-state index contributed by atoms with van der Waals surface area (Å²) in [5.41, 5.74) is -0.0843. The predicted octanol–water partition coefficient (Wildman–Crippen LogP) is 4.20. The van der Waals surface area contributed by atoms with Crippen molar-refractivity contribution in [1.29, 1.82) is 0 Å². The lowest BCUT2D eigenvalue weighted by atomic mass is 10.1. The zero-order valence-corrected chi connectivity index (χ0v) is 11.8. The minimum Gasteiger partial charge on any atom is -0.507 e. The van der Waals surface area contributed by atoms with Crippen LogP contribution in [0.15, 0.2) is 40.9 Å². The summed E-state index contributed by atoms with van der Waals surface area (Å²) in [5, 5.41) is 12.3. The number of halogens is 3. The molecule has 0 radical (unpaired) electrons. The Balaban J connectivity index is 2.31. The lowest BCUT2D eigenvalue weighted by molar-refractivity contribution is 0.102. The minimum atomic E-state index is -0.800. The summed E-state index contributed by atoms with van der Waals surface area (Å²) in [6.45, 7) is 0. The Bertz CT molecular complexity index is 628. The average Bonchev–Trinajstić information content (AvgIpc) is 2.32. The van der Waals surface area contributed by atoms with Crippen molar-refractivity contribution in [3.8, 4) is 5.75 Å². The first-order valence-electron chi connectivity index (χ1n) is 5.23. The van der Waals surface area contributed by atoms with Crippen molar-refractivity contribution in [3.63, 3.8) is 0 Å². The summed E-state index contributed by atoms with van der Waals surface area (Å²) in [6, 6.07) is 8.50. The highest BCUT2D eigenvalue weighted by Crippen LogP contribution is 2.27. The molecular formula is C13H8BrClFNO2. The van der Waals surface area contributed by atoms with Gasteiger partial charge in [-0.2, -0.15) is 0 Å². The molecule has 3 nitrogen and oxygen atoms in total. The van der Waals surface area contributed by atoms with E-state index >= 15 is 0 Å². The number of carbonyl (C=O) groups excluding carboxylic acids is 1. The SMILES string of the molecule is O=C(Nc1ccc(Br)cc1Cl)c1c(O)cccc1F. The maximum absolute atomic E-state index is 13.5. The summed E-state index contributed by atoms with van der Waals surface area (Å²) in [5.74, 6) is -1.99. The second kappa shape index (κ2) is 5.59. The molecule has 0 atom stereocenters. The Hall–Kier alpha value is -1.59. The number of nitrogens with one attached hydrogen (secondary N) is 1. The van der Waals surface area contributed by atoms with E-state index in [1.807, 2.05) is 0 Å². The third kappa shape index (κ3) is 3.05. The van der Waals surface area contributed by atoms with Gasteiger partial charge in [0, 0.05) is 4.47 Å². The Kier molecular flexibility index (Phi) is 4.07. The molecule has 98 valence electrons. The molecule has 2 aromatic carbocycles.